The summed E-state index contributed by atoms with van der Waals surface area (Å²) in [6.07, 6.45) is 0.726. The van der Waals surface area contributed by atoms with Crippen LogP contribution in [0, 0.1) is 5.82 Å². The van der Waals surface area contributed by atoms with Gasteiger partial charge in [-0.1, -0.05) is 0 Å². The third kappa shape index (κ3) is 5.65. The molecule has 0 atom stereocenters. The normalized spacial score (nSPS) is 10.2. The monoisotopic (exact) mass is 259 g/mol. The van der Waals surface area contributed by atoms with E-state index in [1.54, 1.807) is 0 Å². The number of hydrogen-bond donors (Lipinski definition) is 1. The van der Waals surface area contributed by atoms with E-state index < -0.39 is 0 Å². The number of halogens is 2. The Morgan fingerprint density at radius 2 is 2.00 bits per heavy atom. The lowest BCUT2D eigenvalue weighted by molar-refractivity contribution is 0.0944. The molecule has 0 heterocycles. The minimum Gasteiger partial charge on any atom is -0.380 e. The number of carbonyl (C=O) groups is 1. The van der Waals surface area contributed by atoms with E-state index in [4.69, 9.17) is 16.3 Å². The van der Waals surface area contributed by atoms with Gasteiger partial charge >= 0.3 is 0 Å². The summed E-state index contributed by atoms with van der Waals surface area (Å²) in [4.78, 5) is 11.5. The van der Waals surface area contributed by atoms with Crippen molar-refractivity contribution in [2.75, 3.05) is 25.6 Å². The predicted molar refractivity (Wildman–Crippen MR) is 64.9 cm³/mol. The first-order chi connectivity index (χ1) is 8.24. The number of rotatable bonds is 7. The van der Waals surface area contributed by atoms with Crippen LogP contribution >= 0.6 is 11.6 Å². The molecule has 1 amide bonds. The van der Waals surface area contributed by atoms with Crippen molar-refractivity contribution in [1.82, 2.24) is 5.32 Å². The lowest BCUT2D eigenvalue weighted by Crippen LogP contribution is -2.25. The third-order valence-electron chi connectivity index (χ3n) is 2.08. The summed E-state index contributed by atoms with van der Waals surface area (Å²) in [6.45, 7) is 1.61. The second kappa shape index (κ2) is 8.03. The Kier molecular flexibility index (Phi) is 6.58. The second-order valence-electron chi connectivity index (χ2n) is 3.42. The standard InChI is InChI=1S/C12H15ClFNO2/c13-6-9-17-8-1-7-15-12(16)10-2-4-11(14)5-3-10/h2-5H,1,6-9H2,(H,15,16). The van der Waals surface area contributed by atoms with Gasteiger partial charge in [0.15, 0.2) is 0 Å². The zero-order valence-corrected chi connectivity index (χ0v) is 10.2. The van der Waals surface area contributed by atoms with E-state index in [-0.39, 0.29) is 11.7 Å². The molecule has 0 saturated heterocycles. The summed E-state index contributed by atoms with van der Waals surface area (Å²) in [5.74, 6) is -0.0829. The number of benzene rings is 1. The molecular formula is C12H15ClFNO2. The Hall–Kier alpha value is -1.13. The smallest absolute Gasteiger partial charge is 0.251 e. The van der Waals surface area contributed by atoms with E-state index >= 15 is 0 Å². The molecule has 1 aromatic rings. The highest BCUT2D eigenvalue weighted by Crippen LogP contribution is 2.02. The number of hydrogen-bond acceptors (Lipinski definition) is 2. The summed E-state index contributed by atoms with van der Waals surface area (Å²) in [6, 6.07) is 5.43. The lowest BCUT2D eigenvalue weighted by atomic mass is 10.2. The molecule has 0 bridgehead atoms. The molecule has 0 aliphatic rings. The minimum atomic E-state index is -0.351. The van der Waals surface area contributed by atoms with Crippen LogP contribution in [0.15, 0.2) is 24.3 Å². The summed E-state index contributed by atoms with van der Waals surface area (Å²) < 4.78 is 17.8. The molecule has 3 nitrogen and oxygen atoms in total. The van der Waals surface area contributed by atoms with Gasteiger partial charge in [0.2, 0.25) is 0 Å². The van der Waals surface area contributed by atoms with E-state index in [0.717, 1.165) is 6.42 Å². The predicted octanol–water partition coefficient (Wildman–Crippen LogP) is 2.20. The molecule has 17 heavy (non-hydrogen) atoms. The van der Waals surface area contributed by atoms with Crippen LogP contribution in [0.25, 0.3) is 0 Å². The molecule has 0 radical (unpaired) electrons. The van der Waals surface area contributed by atoms with E-state index in [0.29, 0.717) is 31.2 Å². The molecule has 1 N–H and O–H groups in total. The molecule has 5 heteroatoms. The molecule has 0 saturated carbocycles. The van der Waals surface area contributed by atoms with Crippen LogP contribution in [0.1, 0.15) is 16.8 Å². The fourth-order valence-corrected chi connectivity index (χ4v) is 1.35. The van der Waals surface area contributed by atoms with Crippen molar-refractivity contribution in [2.45, 2.75) is 6.42 Å². The van der Waals surface area contributed by atoms with E-state index in [1.165, 1.54) is 24.3 Å². The summed E-state index contributed by atoms with van der Waals surface area (Å²) >= 11 is 5.43. The van der Waals surface area contributed by atoms with E-state index in [2.05, 4.69) is 5.32 Å². The molecule has 1 rings (SSSR count). The Bertz CT molecular complexity index is 343. The Morgan fingerprint density at radius 1 is 1.29 bits per heavy atom. The van der Waals surface area contributed by atoms with Crippen molar-refractivity contribution in [2.24, 2.45) is 0 Å². The molecule has 0 aromatic heterocycles. The van der Waals surface area contributed by atoms with Gasteiger partial charge in [0.25, 0.3) is 5.91 Å². The minimum absolute atomic E-state index is 0.206. The van der Waals surface area contributed by atoms with Crippen molar-refractivity contribution < 1.29 is 13.9 Å². The Morgan fingerprint density at radius 3 is 2.65 bits per heavy atom. The van der Waals surface area contributed by atoms with Crippen molar-refractivity contribution in [1.29, 1.82) is 0 Å². The first-order valence-corrected chi connectivity index (χ1v) is 5.95. The molecule has 0 fully saturated rings. The Labute approximate surface area is 105 Å². The van der Waals surface area contributed by atoms with Crippen LogP contribution in [0.4, 0.5) is 4.39 Å². The largest absolute Gasteiger partial charge is 0.380 e. The van der Waals surface area contributed by atoms with Gasteiger partial charge in [0, 0.05) is 24.6 Å². The van der Waals surface area contributed by atoms with Crippen LogP contribution in [0.5, 0.6) is 0 Å². The molecule has 1 aromatic carbocycles. The first-order valence-electron chi connectivity index (χ1n) is 5.41. The van der Waals surface area contributed by atoms with Crippen LogP contribution < -0.4 is 5.32 Å². The molecule has 0 aliphatic carbocycles. The summed E-state index contributed by atoms with van der Waals surface area (Å²) in [5.41, 5.74) is 0.452. The van der Waals surface area contributed by atoms with Gasteiger partial charge in [-0.15, -0.1) is 11.6 Å². The number of alkyl halides is 1. The number of amides is 1. The maximum atomic E-state index is 12.6. The maximum absolute atomic E-state index is 12.6. The van der Waals surface area contributed by atoms with Crippen molar-refractivity contribution in [3.05, 3.63) is 35.6 Å². The topological polar surface area (TPSA) is 38.3 Å². The summed E-state index contributed by atoms with van der Waals surface area (Å²) in [7, 11) is 0. The summed E-state index contributed by atoms with van der Waals surface area (Å²) in [5, 5.41) is 2.72. The second-order valence-corrected chi connectivity index (χ2v) is 3.80. The van der Waals surface area contributed by atoms with Gasteiger partial charge in [-0.05, 0) is 30.7 Å². The van der Waals surface area contributed by atoms with Gasteiger partial charge in [-0.3, -0.25) is 4.79 Å². The zero-order valence-electron chi connectivity index (χ0n) is 9.42. The molecular weight excluding hydrogens is 245 g/mol. The van der Waals surface area contributed by atoms with Crippen molar-refractivity contribution in [3.63, 3.8) is 0 Å². The third-order valence-corrected chi connectivity index (χ3v) is 2.23. The highest BCUT2D eigenvalue weighted by molar-refractivity contribution is 6.17. The fraction of sp³-hybridized carbons (Fsp3) is 0.417. The maximum Gasteiger partial charge on any atom is 0.251 e. The molecule has 94 valence electrons. The van der Waals surface area contributed by atoms with Crippen molar-refractivity contribution in [3.8, 4) is 0 Å². The van der Waals surface area contributed by atoms with E-state index in [1.807, 2.05) is 0 Å². The van der Waals surface area contributed by atoms with Gasteiger partial charge < -0.3 is 10.1 Å². The van der Waals surface area contributed by atoms with Gasteiger partial charge in [-0.2, -0.15) is 0 Å². The van der Waals surface area contributed by atoms with Gasteiger partial charge in [0.1, 0.15) is 5.82 Å². The number of nitrogens with one attached hydrogen (secondary N) is 1. The Balaban J connectivity index is 2.19. The van der Waals surface area contributed by atoms with Crippen LogP contribution in [-0.2, 0) is 4.74 Å². The van der Waals surface area contributed by atoms with Crippen molar-refractivity contribution >= 4 is 17.5 Å². The quantitative estimate of drug-likeness (QED) is 0.602. The fourth-order valence-electron chi connectivity index (χ4n) is 1.24. The zero-order chi connectivity index (χ0) is 12.5. The molecule has 0 unspecified atom stereocenters. The molecule has 0 aliphatic heterocycles. The van der Waals surface area contributed by atoms with Crippen LogP contribution in [0.2, 0.25) is 0 Å². The average molecular weight is 260 g/mol. The van der Waals surface area contributed by atoms with Crippen LogP contribution in [-0.4, -0.2) is 31.5 Å². The van der Waals surface area contributed by atoms with E-state index in [9.17, 15) is 9.18 Å². The average Bonchev–Trinajstić information content (AvgIpc) is 2.34. The van der Waals surface area contributed by atoms with Crippen LogP contribution in [0.3, 0.4) is 0 Å². The number of ether oxygens (including phenoxy) is 1. The first kappa shape index (κ1) is 13.9. The number of carbonyl (C=O) groups excluding carboxylic acids is 1. The molecule has 0 spiro atoms. The van der Waals surface area contributed by atoms with Gasteiger partial charge in [-0.25, -0.2) is 4.39 Å². The highest BCUT2D eigenvalue weighted by atomic mass is 35.5. The SMILES string of the molecule is O=C(NCCCOCCCl)c1ccc(F)cc1. The highest BCUT2D eigenvalue weighted by Gasteiger charge is 2.03. The lowest BCUT2D eigenvalue weighted by Gasteiger charge is -2.05. The van der Waals surface area contributed by atoms with Gasteiger partial charge in [0.05, 0.1) is 6.61 Å².